The lowest BCUT2D eigenvalue weighted by Crippen LogP contribution is -2.24. The van der Waals surface area contributed by atoms with Crippen LogP contribution in [0.4, 0.5) is 5.69 Å². The summed E-state index contributed by atoms with van der Waals surface area (Å²) >= 11 is 5.93. The molecule has 1 amide bonds. The SMILES string of the molecule is O=C(CC1C=C(C(=O)c2ccc(Cl)cc2)C(=O)c2cc3c(cc21)OCO3)Nc1cccc(O)c1. The molecule has 0 saturated carbocycles. The van der Waals surface area contributed by atoms with Crippen molar-refractivity contribution in [1.29, 1.82) is 0 Å². The van der Waals surface area contributed by atoms with Gasteiger partial charge in [-0.15, -0.1) is 0 Å². The van der Waals surface area contributed by atoms with Gasteiger partial charge in [0.1, 0.15) is 5.75 Å². The largest absolute Gasteiger partial charge is 0.508 e. The third-order valence-electron chi connectivity index (χ3n) is 5.69. The number of amides is 1. The normalized spacial score (nSPS) is 16.0. The number of aromatic hydroxyl groups is 1. The van der Waals surface area contributed by atoms with Gasteiger partial charge < -0.3 is 19.9 Å². The molecule has 0 aromatic heterocycles. The molecule has 2 N–H and O–H groups in total. The molecule has 5 rings (SSSR count). The maximum absolute atomic E-state index is 13.3. The van der Waals surface area contributed by atoms with Crippen molar-refractivity contribution >= 4 is 34.8 Å². The van der Waals surface area contributed by atoms with E-state index in [2.05, 4.69) is 5.32 Å². The summed E-state index contributed by atoms with van der Waals surface area (Å²) in [6, 6.07) is 15.7. The van der Waals surface area contributed by atoms with Crippen molar-refractivity contribution in [3.63, 3.8) is 0 Å². The number of carbonyl (C=O) groups is 3. The zero-order chi connectivity index (χ0) is 23.8. The van der Waals surface area contributed by atoms with Gasteiger partial charge in [0.05, 0.1) is 5.57 Å². The van der Waals surface area contributed by atoms with Gasteiger partial charge in [-0.25, -0.2) is 0 Å². The van der Waals surface area contributed by atoms with Crippen LogP contribution in [0.15, 0.2) is 72.3 Å². The lowest BCUT2D eigenvalue weighted by atomic mass is 9.79. The number of anilines is 1. The van der Waals surface area contributed by atoms with Gasteiger partial charge >= 0.3 is 0 Å². The Hall–Kier alpha value is -4.10. The lowest BCUT2D eigenvalue weighted by molar-refractivity contribution is -0.116. The molecular weight excluding hydrogens is 458 g/mol. The number of fused-ring (bicyclic) bond motifs is 2. The number of rotatable bonds is 5. The molecule has 0 bridgehead atoms. The molecule has 0 saturated heterocycles. The number of hydrogen-bond donors (Lipinski definition) is 2. The monoisotopic (exact) mass is 475 g/mol. The fourth-order valence-corrected chi connectivity index (χ4v) is 4.20. The van der Waals surface area contributed by atoms with Gasteiger partial charge in [-0.3, -0.25) is 14.4 Å². The van der Waals surface area contributed by atoms with Gasteiger partial charge in [-0.05, 0) is 54.1 Å². The molecule has 3 aromatic rings. The lowest BCUT2D eigenvalue weighted by Gasteiger charge is -2.23. The number of Topliss-reactive ketones (excluding diaryl/α,β-unsaturated/α-hetero) is 2. The first kappa shape index (κ1) is 21.7. The first-order valence-electron chi connectivity index (χ1n) is 10.5. The maximum Gasteiger partial charge on any atom is 0.231 e. The van der Waals surface area contributed by atoms with E-state index in [0.29, 0.717) is 38.9 Å². The molecule has 34 heavy (non-hydrogen) atoms. The van der Waals surface area contributed by atoms with E-state index in [1.807, 2.05) is 0 Å². The summed E-state index contributed by atoms with van der Waals surface area (Å²) in [6.45, 7) is 0.0268. The molecule has 1 aliphatic carbocycles. The Morgan fingerprint density at radius 1 is 1.03 bits per heavy atom. The van der Waals surface area contributed by atoms with Crippen LogP contribution in [-0.4, -0.2) is 29.4 Å². The van der Waals surface area contributed by atoms with Crippen molar-refractivity contribution in [1.82, 2.24) is 0 Å². The van der Waals surface area contributed by atoms with Crippen LogP contribution in [-0.2, 0) is 4.79 Å². The molecule has 3 aromatic carbocycles. The summed E-state index contributed by atoms with van der Waals surface area (Å²) in [5.74, 6) is -0.897. The van der Waals surface area contributed by atoms with Crippen LogP contribution < -0.4 is 14.8 Å². The predicted octanol–water partition coefficient (Wildman–Crippen LogP) is 4.89. The molecule has 1 unspecified atom stereocenters. The summed E-state index contributed by atoms with van der Waals surface area (Å²) in [7, 11) is 0. The predicted molar refractivity (Wildman–Crippen MR) is 125 cm³/mol. The van der Waals surface area contributed by atoms with Gasteiger partial charge in [-0.2, -0.15) is 0 Å². The van der Waals surface area contributed by atoms with Gasteiger partial charge in [0, 0.05) is 40.2 Å². The first-order valence-corrected chi connectivity index (χ1v) is 10.9. The molecule has 2 aliphatic rings. The number of ketones is 2. The number of carbonyl (C=O) groups excluding carboxylic acids is 3. The number of nitrogens with one attached hydrogen (secondary N) is 1. The second-order valence-corrected chi connectivity index (χ2v) is 8.38. The highest BCUT2D eigenvalue weighted by Gasteiger charge is 2.34. The molecule has 1 heterocycles. The number of allylic oxidation sites excluding steroid dienone is 2. The van der Waals surface area contributed by atoms with Crippen molar-refractivity contribution in [2.75, 3.05) is 12.1 Å². The zero-order valence-electron chi connectivity index (χ0n) is 17.7. The number of ether oxygens (including phenoxy) is 2. The number of benzene rings is 3. The van der Waals surface area contributed by atoms with Gasteiger partial charge in [-0.1, -0.05) is 23.7 Å². The van der Waals surface area contributed by atoms with Crippen LogP contribution in [0.5, 0.6) is 17.2 Å². The maximum atomic E-state index is 13.3. The summed E-state index contributed by atoms with van der Waals surface area (Å²) < 4.78 is 10.9. The average Bonchev–Trinajstić information content (AvgIpc) is 3.27. The van der Waals surface area contributed by atoms with Crippen LogP contribution in [0.2, 0.25) is 5.02 Å². The number of hydrogen-bond acceptors (Lipinski definition) is 6. The molecule has 170 valence electrons. The highest BCUT2D eigenvalue weighted by Crippen LogP contribution is 2.42. The van der Waals surface area contributed by atoms with Crippen molar-refractivity contribution < 1.29 is 29.0 Å². The van der Waals surface area contributed by atoms with Crippen LogP contribution >= 0.6 is 11.6 Å². The fourth-order valence-electron chi connectivity index (χ4n) is 4.07. The number of phenols is 1. The van der Waals surface area contributed by atoms with E-state index < -0.39 is 17.5 Å². The average molecular weight is 476 g/mol. The smallest absolute Gasteiger partial charge is 0.231 e. The van der Waals surface area contributed by atoms with E-state index in [-0.39, 0.29) is 30.4 Å². The molecule has 7 nitrogen and oxygen atoms in total. The third-order valence-corrected chi connectivity index (χ3v) is 5.94. The van der Waals surface area contributed by atoms with Crippen LogP contribution in [0.25, 0.3) is 0 Å². The van der Waals surface area contributed by atoms with Crippen LogP contribution in [0, 0.1) is 0 Å². The molecular formula is C26H18ClNO6. The minimum absolute atomic E-state index is 0.0230. The van der Waals surface area contributed by atoms with E-state index >= 15 is 0 Å². The zero-order valence-corrected chi connectivity index (χ0v) is 18.5. The van der Waals surface area contributed by atoms with Gasteiger partial charge in [0.2, 0.25) is 12.7 Å². The van der Waals surface area contributed by atoms with E-state index in [1.165, 1.54) is 18.2 Å². The molecule has 1 aliphatic heterocycles. The second-order valence-electron chi connectivity index (χ2n) is 7.95. The van der Waals surface area contributed by atoms with Crippen molar-refractivity contribution in [2.24, 2.45) is 0 Å². The number of halogens is 1. The third kappa shape index (κ3) is 4.13. The van der Waals surface area contributed by atoms with Crippen LogP contribution in [0.3, 0.4) is 0 Å². The molecule has 0 fully saturated rings. The second kappa shape index (κ2) is 8.68. The Kier molecular flexibility index (Phi) is 5.55. The Labute approximate surface area is 199 Å². The first-order chi connectivity index (χ1) is 16.4. The fraction of sp³-hybridized carbons (Fsp3) is 0.115. The van der Waals surface area contributed by atoms with E-state index in [1.54, 1.807) is 48.5 Å². The quantitative estimate of drug-likeness (QED) is 0.402. The van der Waals surface area contributed by atoms with Crippen molar-refractivity contribution in [3.8, 4) is 17.2 Å². The van der Waals surface area contributed by atoms with E-state index in [0.717, 1.165) is 0 Å². The minimum atomic E-state index is -0.564. The molecule has 1 atom stereocenters. The molecule has 0 radical (unpaired) electrons. The highest BCUT2D eigenvalue weighted by molar-refractivity contribution is 6.33. The summed E-state index contributed by atoms with van der Waals surface area (Å²) in [6.07, 6.45) is 1.50. The highest BCUT2D eigenvalue weighted by atomic mass is 35.5. The Balaban J connectivity index is 1.50. The summed E-state index contributed by atoms with van der Waals surface area (Å²) in [5, 5.41) is 12.9. The Morgan fingerprint density at radius 3 is 2.50 bits per heavy atom. The molecule has 0 spiro atoms. The van der Waals surface area contributed by atoms with Crippen LogP contribution in [0.1, 0.15) is 38.6 Å². The summed E-state index contributed by atoms with van der Waals surface area (Å²) in [4.78, 5) is 39.4. The Bertz CT molecular complexity index is 1360. The van der Waals surface area contributed by atoms with Gasteiger partial charge in [0.25, 0.3) is 0 Å². The van der Waals surface area contributed by atoms with Crippen molar-refractivity contribution in [3.05, 3.63) is 94.0 Å². The Morgan fingerprint density at radius 2 is 1.76 bits per heavy atom. The van der Waals surface area contributed by atoms with Crippen molar-refractivity contribution in [2.45, 2.75) is 12.3 Å². The standard InChI is InChI=1S/C26H18ClNO6/c27-16-6-4-14(5-7-16)25(31)21-8-15(9-24(30)28-17-2-1-3-18(29)10-17)19-11-22-23(34-13-33-22)12-20(19)26(21)32/h1-8,10-12,15,29H,9,13H2,(H,28,30). The molecule has 8 heteroatoms. The summed E-state index contributed by atoms with van der Waals surface area (Å²) in [5.41, 5.74) is 1.59. The topological polar surface area (TPSA) is 102 Å². The number of phenolic OH excluding ortho intramolecular Hbond substituents is 1. The van der Waals surface area contributed by atoms with E-state index in [4.69, 9.17) is 21.1 Å². The minimum Gasteiger partial charge on any atom is -0.508 e. The van der Waals surface area contributed by atoms with Gasteiger partial charge in [0.15, 0.2) is 23.1 Å². The van der Waals surface area contributed by atoms with E-state index in [9.17, 15) is 19.5 Å².